The third-order valence-electron chi connectivity index (χ3n) is 3.81. The van der Waals surface area contributed by atoms with Gasteiger partial charge < -0.3 is 14.7 Å². The number of nitrogens with one attached hydrogen (secondary N) is 1. The Morgan fingerprint density at radius 2 is 2.35 bits per heavy atom. The van der Waals surface area contributed by atoms with E-state index in [1.807, 2.05) is 12.1 Å². The van der Waals surface area contributed by atoms with Gasteiger partial charge in [0.05, 0.1) is 5.70 Å². The predicted molar refractivity (Wildman–Crippen MR) is 85.9 cm³/mol. The fourth-order valence-electron chi connectivity index (χ4n) is 2.80. The smallest absolute Gasteiger partial charge is 0.341 e. The molecule has 120 valence electrons. The molecule has 23 heavy (non-hydrogen) atoms. The van der Waals surface area contributed by atoms with Gasteiger partial charge in [-0.2, -0.15) is 0 Å². The maximum atomic E-state index is 10.7. The van der Waals surface area contributed by atoms with E-state index in [-0.39, 0.29) is 6.61 Å². The average Bonchev–Trinajstić information content (AvgIpc) is 2.59. The van der Waals surface area contributed by atoms with E-state index in [9.17, 15) is 4.79 Å². The number of hydrogen-bond donors (Lipinski definition) is 2. The average molecular weight is 314 g/mol. The van der Waals surface area contributed by atoms with Gasteiger partial charge in [0.2, 0.25) is 0 Å². The first-order valence-corrected chi connectivity index (χ1v) is 7.52. The van der Waals surface area contributed by atoms with Crippen molar-refractivity contribution in [3.63, 3.8) is 0 Å². The van der Waals surface area contributed by atoms with Crippen molar-refractivity contribution in [2.45, 2.75) is 25.7 Å². The zero-order valence-corrected chi connectivity index (χ0v) is 12.6. The first-order chi connectivity index (χ1) is 11.2. The first-order valence-electron chi connectivity index (χ1n) is 7.52. The first kappa shape index (κ1) is 15.1. The SMILES string of the molecule is O=C(O)COc1cccc2c1CCCC2=CCC1=CONC=N1. The minimum atomic E-state index is -0.968. The number of hydroxylamine groups is 1. The number of carboxylic acid groups (broad SMARTS) is 1. The molecule has 1 aliphatic heterocycles. The highest BCUT2D eigenvalue weighted by Crippen LogP contribution is 2.36. The number of allylic oxidation sites excluding steroid dienone is 2. The molecular weight excluding hydrogens is 296 g/mol. The highest BCUT2D eigenvalue weighted by atomic mass is 16.6. The molecule has 6 nitrogen and oxygen atoms in total. The lowest BCUT2D eigenvalue weighted by atomic mass is 9.86. The van der Waals surface area contributed by atoms with Crippen LogP contribution in [0.4, 0.5) is 0 Å². The fourth-order valence-corrected chi connectivity index (χ4v) is 2.80. The molecule has 2 N–H and O–H groups in total. The van der Waals surface area contributed by atoms with Crippen molar-refractivity contribution in [2.75, 3.05) is 6.61 Å². The zero-order chi connectivity index (χ0) is 16.1. The molecule has 0 spiro atoms. The Morgan fingerprint density at radius 1 is 1.43 bits per heavy atom. The molecule has 0 unspecified atom stereocenters. The van der Waals surface area contributed by atoms with Crippen LogP contribution in [-0.2, 0) is 16.1 Å². The maximum Gasteiger partial charge on any atom is 0.341 e. The number of ether oxygens (including phenoxy) is 1. The second-order valence-electron chi connectivity index (χ2n) is 5.35. The number of nitrogens with zero attached hydrogens (tertiary/aromatic N) is 1. The number of carboxylic acids is 1. The van der Waals surface area contributed by atoms with Crippen LogP contribution >= 0.6 is 0 Å². The van der Waals surface area contributed by atoms with E-state index in [1.54, 1.807) is 6.26 Å². The van der Waals surface area contributed by atoms with Crippen molar-refractivity contribution in [1.29, 1.82) is 0 Å². The van der Waals surface area contributed by atoms with Gasteiger partial charge in [-0.05, 0) is 36.5 Å². The lowest BCUT2D eigenvalue weighted by Gasteiger charge is -2.22. The fraction of sp³-hybridized carbons (Fsp3) is 0.294. The second kappa shape index (κ2) is 7.00. The molecular formula is C17H18N2O4. The monoisotopic (exact) mass is 314 g/mol. The van der Waals surface area contributed by atoms with Crippen molar-refractivity contribution in [3.05, 3.63) is 47.4 Å². The third kappa shape index (κ3) is 3.71. The molecule has 0 saturated heterocycles. The summed E-state index contributed by atoms with van der Waals surface area (Å²) < 4.78 is 5.42. The van der Waals surface area contributed by atoms with Crippen molar-refractivity contribution in [1.82, 2.24) is 5.48 Å². The van der Waals surface area contributed by atoms with Crippen molar-refractivity contribution >= 4 is 17.9 Å². The van der Waals surface area contributed by atoms with Gasteiger partial charge in [-0.1, -0.05) is 18.2 Å². The van der Waals surface area contributed by atoms with Gasteiger partial charge in [0.15, 0.2) is 6.61 Å². The second-order valence-corrected chi connectivity index (χ2v) is 5.35. The Morgan fingerprint density at radius 3 is 3.13 bits per heavy atom. The molecule has 1 aromatic rings. The molecule has 1 aromatic carbocycles. The van der Waals surface area contributed by atoms with Crippen LogP contribution in [0.1, 0.15) is 30.4 Å². The minimum absolute atomic E-state index is 0.318. The normalized spacial score (nSPS) is 17.7. The number of benzene rings is 1. The van der Waals surface area contributed by atoms with Gasteiger partial charge in [0, 0.05) is 12.0 Å². The summed E-state index contributed by atoms with van der Waals surface area (Å²) in [6, 6.07) is 5.79. The molecule has 2 aliphatic rings. The molecule has 1 heterocycles. The van der Waals surface area contributed by atoms with Gasteiger partial charge >= 0.3 is 5.97 Å². The van der Waals surface area contributed by atoms with Gasteiger partial charge in [-0.25, -0.2) is 15.3 Å². The number of aliphatic carboxylic acids is 1. The van der Waals surface area contributed by atoms with Gasteiger partial charge in [0.25, 0.3) is 0 Å². The summed E-state index contributed by atoms with van der Waals surface area (Å²) in [7, 11) is 0. The Hall–Kier alpha value is -2.76. The maximum absolute atomic E-state index is 10.7. The van der Waals surface area contributed by atoms with E-state index in [0.717, 1.165) is 36.1 Å². The zero-order valence-electron chi connectivity index (χ0n) is 12.6. The Balaban J connectivity index is 1.81. The summed E-state index contributed by atoms with van der Waals surface area (Å²) in [4.78, 5) is 19.9. The topological polar surface area (TPSA) is 80.2 Å². The van der Waals surface area contributed by atoms with E-state index < -0.39 is 5.97 Å². The molecule has 0 bridgehead atoms. The van der Waals surface area contributed by atoms with Crippen LogP contribution in [0.2, 0.25) is 0 Å². The van der Waals surface area contributed by atoms with Crippen molar-refractivity contribution in [3.8, 4) is 5.75 Å². The van der Waals surface area contributed by atoms with Crippen LogP contribution in [-0.4, -0.2) is 24.0 Å². The lowest BCUT2D eigenvalue weighted by molar-refractivity contribution is -0.139. The van der Waals surface area contributed by atoms with Crippen LogP contribution in [0.25, 0.3) is 5.57 Å². The Bertz CT molecular complexity index is 692. The Kier molecular flexibility index (Phi) is 4.61. The summed E-state index contributed by atoms with van der Waals surface area (Å²) in [5.41, 5.74) is 6.86. The highest BCUT2D eigenvalue weighted by Gasteiger charge is 2.18. The molecule has 0 fully saturated rings. The van der Waals surface area contributed by atoms with E-state index in [1.165, 1.54) is 11.9 Å². The molecule has 0 amide bonds. The molecule has 0 radical (unpaired) electrons. The highest BCUT2D eigenvalue weighted by molar-refractivity contribution is 5.73. The number of rotatable bonds is 5. The van der Waals surface area contributed by atoms with Gasteiger partial charge in [-0.15, -0.1) is 0 Å². The number of hydrogen-bond acceptors (Lipinski definition) is 5. The minimum Gasteiger partial charge on any atom is -0.482 e. The molecule has 6 heteroatoms. The summed E-state index contributed by atoms with van der Waals surface area (Å²) in [5.74, 6) is -0.303. The van der Waals surface area contributed by atoms with Crippen LogP contribution in [0.5, 0.6) is 5.75 Å². The molecule has 0 saturated carbocycles. The van der Waals surface area contributed by atoms with Crippen LogP contribution in [0.3, 0.4) is 0 Å². The number of aliphatic imine (C=N–C) groups is 1. The Labute approximate surface area is 134 Å². The van der Waals surface area contributed by atoms with Gasteiger partial charge in [0.1, 0.15) is 18.4 Å². The predicted octanol–water partition coefficient (Wildman–Crippen LogP) is 2.66. The quantitative estimate of drug-likeness (QED) is 0.873. The standard InChI is InChI=1S/C17H18N2O4/c20-17(21)10-22-16-6-2-4-14-12(3-1-5-15(14)16)7-8-13-9-23-19-11-18-13/h2,4,6-7,9,11H,1,3,5,8,10H2,(H,18,19)(H,20,21). The van der Waals surface area contributed by atoms with Crippen LogP contribution < -0.4 is 10.2 Å². The molecule has 1 aliphatic carbocycles. The lowest BCUT2D eigenvalue weighted by Crippen LogP contribution is -2.12. The van der Waals surface area contributed by atoms with E-state index in [4.69, 9.17) is 14.7 Å². The van der Waals surface area contributed by atoms with Crippen LogP contribution in [0.15, 0.2) is 41.2 Å². The molecule has 0 atom stereocenters. The summed E-state index contributed by atoms with van der Waals surface area (Å²) >= 11 is 0. The molecule has 0 aromatic heterocycles. The van der Waals surface area contributed by atoms with Gasteiger partial charge in [-0.3, -0.25) is 0 Å². The van der Waals surface area contributed by atoms with Crippen molar-refractivity contribution < 1.29 is 19.5 Å². The third-order valence-corrected chi connectivity index (χ3v) is 3.81. The summed E-state index contributed by atoms with van der Waals surface area (Å²) in [6.45, 7) is -0.318. The van der Waals surface area contributed by atoms with E-state index in [0.29, 0.717) is 12.2 Å². The van der Waals surface area contributed by atoms with E-state index in [2.05, 4.69) is 22.6 Å². The summed E-state index contributed by atoms with van der Waals surface area (Å²) in [5, 5.41) is 8.79. The van der Waals surface area contributed by atoms with Crippen molar-refractivity contribution in [2.24, 2.45) is 4.99 Å². The largest absolute Gasteiger partial charge is 0.482 e. The van der Waals surface area contributed by atoms with E-state index >= 15 is 0 Å². The molecule has 3 rings (SSSR count). The summed E-state index contributed by atoms with van der Waals surface area (Å²) in [6.07, 6.45) is 8.85. The number of fused-ring (bicyclic) bond motifs is 1. The van der Waals surface area contributed by atoms with Crippen LogP contribution in [0, 0.1) is 0 Å². The number of carbonyl (C=O) groups is 1.